The second-order valence-corrected chi connectivity index (χ2v) is 5.33. The van der Waals surface area contributed by atoms with Crippen molar-refractivity contribution in [3.8, 4) is 11.5 Å². The second kappa shape index (κ2) is 6.64. The van der Waals surface area contributed by atoms with Gasteiger partial charge in [0.05, 0.1) is 6.10 Å². The molecule has 0 aliphatic heterocycles. The molecule has 110 valence electrons. The van der Waals surface area contributed by atoms with Crippen LogP contribution < -0.4 is 10.1 Å². The summed E-state index contributed by atoms with van der Waals surface area (Å²) in [6.07, 6.45) is 2.62. The van der Waals surface area contributed by atoms with Crippen LogP contribution in [0.25, 0.3) is 0 Å². The standard InChI is InChI=1S/C18H21NO2/c1-2-20-18-12-15(13-18)19-14-8-10-17(11-9-14)21-16-6-4-3-5-7-16/h3-11,15,18-19H,2,12-13H2,1H3. The fourth-order valence-electron chi connectivity index (χ4n) is 2.53. The molecule has 1 fully saturated rings. The number of hydrogen-bond acceptors (Lipinski definition) is 3. The smallest absolute Gasteiger partial charge is 0.127 e. The van der Waals surface area contributed by atoms with Gasteiger partial charge in [-0.1, -0.05) is 18.2 Å². The Kier molecular flexibility index (Phi) is 4.41. The molecule has 0 bridgehead atoms. The largest absolute Gasteiger partial charge is 0.457 e. The lowest BCUT2D eigenvalue weighted by molar-refractivity contribution is 0.00299. The highest BCUT2D eigenvalue weighted by atomic mass is 16.5. The van der Waals surface area contributed by atoms with Crippen LogP contribution >= 0.6 is 0 Å². The molecular formula is C18H21NO2. The Morgan fingerprint density at radius 1 is 0.952 bits per heavy atom. The summed E-state index contributed by atoms with van der Waals surface area (Å²) >= 11 is 0. The average molecular weight is 283 g/mol. The van der Waals surface area contributed by atoms with Gasteiger partial charge in [0.15, 0.2) is 0 Å². The summed E-state index contributed by atoms with van der Waals surface area (Å²) in [7, 11) is 0. The van der Waals surface area contributed by atoms with E-state index < -0.39 is 0 Å². The fourth-order valence-corrected chi connectivity index (χ4v) is 2.53. The van der Waals surface area contributed by atoms with E-state index in [9.17, 15) is 0 Å². The van der Waals surface area contributed by atoms with E-state index in [1.807, 2.05) is 49.4 Å². The zero-order chi connectivity index (χ0) is 14.5. The molecule has 0 spiro atoms. The minimum Gasteiger partial charge on any atom is -0.457 e. The van der Waals surface area contributed by atoms with Crippen LogP contribution in [0.1, 0.15) is 19.8 Å². The Labute approximate surface area is 125 Å². The SMILES string of the molecule is CCOC1CC(Nc2ccc(Oc3ccccc3)cc2)C1. The summed E-state index contributed by atoms with van der Waals surface area (Å²) in [5.41, 5.74) is 1.13. The Morgan fingerprint density at radius 3 is 2.29 bits per heavy atom. The van der Waals surface area contributed by atoms with Crippen molar-refractivity contribution >= 4 is 5.69 Å². The van der Waals surface area contributed by atoms with Crippen molar-refractivity contribution in [3.63, 3.8) is 0 Å². The van der Waals surface area contributed by atoms with Crippen molar-refractivity contribution in [2.24, 2.45) is 0 Å². The summed E-state index contributed by atoms with van der Waals surface area (Å²) in [4.78, 5) is 0. The number of ether oxygens (including phenoxy) is 2. The van der Waals surface area contributed by atoms with Gasteiger partial charge in [0.2, 0.25) is 0 Å². The number of benzene rings is 2. The van der Waals surface area contributed by atoms with Crippen LogP contribution in [0.5, 0.6) is 11.5 Å². The lowest BCUT2D eigenvalue weighted by atomic mass is 9.89. The molecule has 0 amide bonds. The third kappa shape index (κ3) is 3.76. The van der Waals surface area contributed by atoms with Crippen LogP contribution in [0.2, 0.25) is 0 Å². The molecule has 0 atom stereocenters. The number of anilines is 1. The number of rotatable bonds is 6. The number of hydrogen-bond donors (Lipinski definition) is 1. The summed E-state index contributed by atoms with van der Waals surface area (Å²) < 4.78 is 11.4. The van der Waals surface area contributed by atoms with E-state index in [0.29, 0.717) is 12.1 Å². The molecule has 3 heteroatoms. The maximum absolute atomic E-state index is 5.78. The fraction of sp³-hybridized carbons (Fsp3) is 0.333. The van der Waals surface area contributed by atoms with Crippen molar-refractivity contribution in [1.82, 2.24) is 0 Å². The maximum atomic E-state index is 5.78. The first-order valence-corrected chi connectivity index (χ1v) is 7.54. The third-order valence-corrected chi connectivity index (χ3v) is 3.70. The zero-order valence-electron chi connectivity index (χ0n) is 12.3. The first kappa shape index (κ1) is 14.0. The normalized spacial score (nSPS) is 20.6. The van der Waals surface area contributed by atoms with Crippen LogP contribution in [0.3, 0.4) is 0 Å². The highest BCUT2D eigenvalue weighted by Gasteiger charge is 2.29. The zero-order valence-corrected chi connectivity index (χ0v) is 12.3. The van der Waals surface area contributed by atoms with E-state index in [1.54, 1.807) is 0 Å². The van der Waals surface area contributed by atoms with Gasteiger partial charge in [-0.25, -0.2) is 0 Å². The van der Waals surface area contributed by atoms with Gasteiger partial charge in [0.25, 0.3) is 0 Å². The molecule has 2 aromatic carbocycles. The molecule has 2 aromatic rings. The summed E-state index contributed by atoms with van der Waals surface area (Å²) in [6.45, 7) is 2.86. The molecule has 21 heavy (non-hydrogen) atoms. The molecule has 1 aliphatic carbocycles. The van der Waals surface area contributed by atoms with Crippen molar-refractivity contribution in [2.75, 3.05) is 11.9 Å². The minimum absolute atomic E-state index is 0.438. The molecule has 1 aliphatic rings. The molecule has 0 heterocycles. The molecule has 3 rings (SSSR count). The minimum atomic E-state index is 0.438. The van der Waals surface area contributed by atoms with Crippen molar-refractivity contribution < 1.29 is 9.47 Å². The first-order chi connectivity index (χ1) is 10.3. The second-order valence-electron chi connectivity index (χ2n) is 5.33. The Morgan fingerprint density at radius 2 is 1.62 bits per heavy atom. The lowest BCUT2D eigenvalue weighted by Crippen LogP contribution is -2.40. The van der Waals surface area contributed by atoms with Crippen molar-refractivity contribution in [1.29, 1.82) is 0 Å². The molecule has 0 saturated heterocycles. The van der Waals surface area contributed by atoms with Crippen LogP contribution in [0.15, 0.2) is 54.6 Å². The van der Waals surface area contributed by atoms with E-state index in [0.717, 1.165) is 36.6 Å². The Balaban J connectivity index is 1.51. The topological polar surface area (TPSA) is 30.5 Å². The number of nitrogens with one attached hydrogen (secondary N) is 1. The van der Waals surface area contributed by atoms with Gasteiger partial charge in [-0.2, -0.15) is 0 Å². The highest BCUT2D eigenvalue weighted by molar-refractivity contribution is 5.48. The summed E-state index contributed by atoms with van der Waals surface area (Å²) in [5.74, 6) is 1.71. The lowest BCUT2D eigenvalue weighted by Gasteiger charge is -2.36. The van der Waals surface area contributed by atoms with Crippen molar-refractivity contribution in [3.05, 3.63) is 54.6 Å². The average Bonchev–Trinajstić information content (AvgIpc) is 2.48. The molecule has 3 nitrogen and oxygen atoms in total. The molecule has 0 unspecified atom stereocenters. The quantitative estimate of drug-likeness (QED) is 0.849. The predicted octanol–water partition coefficient (Wildman–Crippen LogP) is 4.46. The van der Waals surface area contributed by atoms with Gasteiger partial charge >= 0.3 is 0 Å². The molecule has 0 aromatic heterocycles. The van der Waals surface area contributed by atoms with E-state index in [4.69, 9.17) is 9.47 Å². The maximum Gasteiger partial charge on any atom is 0.127 e. The van der Waals surface area contributed by atoms with Crippen LogP contribution in [-0.2, 0) is 4.74 Å². The third-order valence-electron chi connectivity index (χ3n) is 3.70. The van der Waals surface area contributed by atoms with Crippen LogP contribution in [0, 0.1) is 0 Å². The number of para-hydroxylation sites is 1. The summed E-state index contributed by atoms with van der Waals surface area (Å²) in [6, 6.07) is 18.5. The van der Waals surface area contributed by atoms with Gasteiger partial charge in [-0.15, -0.1) is 0 Å². The van der Waals surface area contributed by atoms with Crippen molar-refractivity contribution in [2.45, 2.75) is 31.9 Å². The molecule has 1 N–H and O–H groups in total. The molecule has 1 saturated carbocycles. The van der Waals surface area contributed by atoms with Gasteiger partial charge < -0.3 is 14.8 Å². The Bertz CT molecular complexity index is 547. The van der Waals surface area contributed by atoms with E-state index in [1.165, 1.54) is 0 Å². The van der Waals surface area contributed by atoms with Gasteiger partial charge in [0, 0.05) is 18.3 Å². The van der Waals surface area contributed by atoms with Gasteiger partial charge in [-0.3, -0.25) is 0 Å². The highest BCUT2D eigenvalue weighted by Crippen LogP contribution is 2.28. The van der Waals surface area contributed by atoms with Crippen LogP contribution in [0.4, 0.5) is 5.69 Å². The van der Waals surface area contributed by atoms with E-state index in [-0.39, 0.29) is 0 Å². The Hall–Kier alpha value is -2.00. The van der Waals surface area contributed by atoms with Gasteiger partial charge in [-0.05, 0) is 56.2 Å². The van der Waals surface area contributed by atoms with E-state index in [2.05, 4.69) is 17.4 Å². The molecular weight excluding hydrogens is 262 g/mol. The predicted molar refractivity (Wildman–Crippen MR) is 85.0 cm³/mol. The monoisotopic (exact) mass is 283 g/mol. The molecule has 0 radical (unpaired) electrons. The van der Waals surface area contributed by atoms with Crippen LogP contribution in [-0.4, -0.2) is 18.8 Å². The first-order valence-electron chi connectivity index (χ1n) is 7.54. The van der Waals surface area contributed by atoms with E-state index >= 15 is 0 Å². The summed E-state index contributed by atoms with van der Waals surface area (Å²) in [5, 5.41) is 3.52. The van der Waals surface area contributed by atoms with Gasteiger partial charge in [0.1, 0.15) is 11.5 Å².